The number of rotatable bonds is 4. The zero-order valence-corrected chi connectivity index (χ0v) is 15.9. The van der Waals surface area contributed by atoms with Crippen molar-refractivity contribution in [1.29, 1.82) is 0 Å². The first-order chi connectivity index (χ1) is 14.1. The molecule has 5 rings (SSSR count). The molecule has 2 fully saturated rings. The van der Waals surface area contributed by atoms with Crippen LogP contribution in [0.5, 0.6) is 5.75 Å². The van der Waals surface area contributed by atoms with Crippen LogP contribution in [0.25, 0.3) is 0 Å². The van der Waals surface area contributed by atoms with Crippen molar-refractivity contribution in [2.45, 2.75) is 18.2 Å². The molecule has 150 valence electrons. The fourth-order valence-electron chi connectivity index (χ4n) is 4.48. The first-order valence-electron chi connectivity index (χ1n) is 9.76. The van der Waals surface area contributed by atoms with E-state index in [9.17, 15) is 14.7 Å². The summed E-state index contributed by atoms with van der Waals surface area (Å²) in [4.78, 5) is 25.4. The van der Waals surface area contributed by atoms with E-state index in [-0.39, 0.29) is 23.4 Å². The summed E-state index contributed by atoms with van der Waals surface area (Å²) in [6.45, 7) is 1.36. The number of hydrogen-bond acceptors (Lipinski definition) is 5. The van der Waals surface area contributed by atoms with Crippen LogP contribution in [-0.2, 0) is 4.74 Å². The van der Waals surface area contributed by atoms with Gasteiger partial charge in [-0.3, -0.25) is 9.59 Å². The molecule has 0 bridgehead atoms. The monoisotopic (exact) mass is 394 g/mol. The van der Waals surface area contributed by atoms with Gasteiger partial charge >= 0.3 is 0 Å². The highest BCUT2D eigenvalue weighted by atomic mass is 16.6. The van der Waals surface area contributed by atoms with Crippen LogP contribution >= 0.6 is 0 Å². The summed E-state index contributed by atoms with van der Waals surface area (Å²) in [6, 6.07) is 12.8. The van der Waals surface area contributed by atoms with Crippen molar-refractivity contribution in [2.75, 3.05) is 20.3 Å². The van der Waals surface area contributed by atoms with Crippen molar-refractivity contribution in [3.8, 4) is 5.75 Å². The molecule has 3 aliphatic rings. The van der Waals surface area contributed by atoms with E-state index in [1.807, 2.05) is 30.3 Å². The Labute approximate surface area is 168 Å². The van der Waals surface area contributed by atoms with E-state index in [4.69, 9.17) is 9.47 Å². The zero-order chi connectivity index (χ0) is 20.1. The second-order valence-corrected chi connectivity index (χ2v) is 7.78. The largest absolute Gasteiger partial charge is 0.463 e. The molecule has 2 unspecified atom stereocenters. The first kappa shape index (κ1) is 18.1. The third kappa shape index (κ3) is 2.97. The van der Waals surface area contributed by atoms with Gasteiger partial charge in [0, 0.05) is 36.1 Å². The number of hydrogen-bond donors (Lipinski definition) is 3. The van der Waals surface area contributed by atoms with Gasteiger partial charge in [0.1, 0.15) is 5.75 Å². The van der Waals surface area contributed by atoms with Crippen molar-refractivity contribution in [1.82, 2.24) is 10.6 Å². The molecule has 2 aromatic carbocycles. The molecular weight excluding hydrogens is 372 g/mol. The molecule has 1 aliphatic carbocycles. The molecule has 3 N–H and O–H groups in total. The molecule has 5 atom stereocenters. The van der Waals surface area contributed by atoms with Gasteiger partial charge in [-0.2, -0.15) is 0 Å². The maximum Gasteiger partial charge on any atom is 0.254 e. The van der Waals surface area contributed by atoms with E-state index in [1.165, 1.54) is 13.1 Å². The van der Waals surface area contributed by atoms with Crippen molar-refractivity contribution < 1.29 is 24.2 Å². The predicted molar refractivity (Wildman–Crippen MR) is 104 cm³/mol. The maximum absolute atomic E-state index is 12.9. The summed E-state index contributed by atoms with van der Waals surface area (Å²) in [5, 5.41) is 16.2. The average Bonchev–Trinajstić information content (AvgIpc) is 3.08. The first-order valence-corrected chi connectivity index (χ1v) is 9.76. The zero-order valence-electron chi connectivity index (χ0n) is 15.9. The van der Waals surface area contributed by atoms with Crippen LogP contribution in [0.4, 0.5) is 0 Å². The quantitative estimate of drug-likeness (QED) is 0.726. The molecule has 2 heterocycles. The van der Waals surface area contributed by atoms with E-state index in [2.05, 4.69) is 10.6 Å². The van der Waals surface area contributed by atoms with Gasteiger partial charge in [-0.15, -0.1) is 0 Å². The number of fused-ring (bicyclic) bond motifs is 2. The summed E-state index contributed by atoms with van der Waals surface area (Å²) in [6.07, 6.45) is -1.13. The van der Waals surface area contributed by atoms with Gasteiger partial charge in [0.05, 0.1) is 24.7 Å². The van der Waals surface area contributed by atoms with Crippen LogP contribution in [0.2, 0.25) is 0 Å². The third-order valence-electron chi connectivity index (χ3n) is 6.12. The van der Waals surface area contributed by atoms with Gasteiger partial charge in [0.2, 0.25) is 6.29 Å². The van der Waals surface area contributed by atoms with Gasteiger partial charge in [-0.05, 0) is 17.7 Å². The minimum Gasteiger partial charge on any atom is -0.463 e. The Hall–Kier alpha value is -2.90. The van der Waals surface area contributed by atoms with Gasteiger partial charge in [-0.25, -0.2) is 0 Å². The molecule has 2 aliphatic heterocycles. The summed E-state index contributed by atoms with van der Waals surface area (Å²) < 4.78 is 11.0. The SMILES string of the molecule is CNC(=O)c1cc(C(=O)NC2[C@H]3COC[C@@H]23)cc2c1OC(O)[C@@H]2c1ccccc1. The number of aliphatic hydroxyl groups is 1. The Kier molecular flexibility index (Phi) is 4.29. The van der Waals surface area contributed by atoms with Gasteiger partial charge < -0.3 is 25.2 Å². The third-order valence-corrected chi connectivity index (χ3v) is 6.12. The minimum absolute atomic E-state index is 0.125. The number of benzene rings is 2. The highest BCUT2D eigenvalue weighted by Crippen LogP contribution is 2.46. The number of amides is 2. The molecular formula is C22H22N2O5. The molecule has 7 nitrogen and oxygen atoms in total. The van der Waals surface area contributed by atoms with E-state index >= 15 is 0 Å². The van der Waals surface area contributed by atoms with Crippen molar-refractivity contribution in [2.24, 2.45) is 11.8 Å². The lowest BCUT2D eigenvalue weighted by atomic mass is 9.89. The molecule has 0 radical (unpaired) electrons. The van der Waals surface area contributed by atoms with E-state index < -0.39 is 12.2 Å². The summed E-state index contributed by atoms with van der Waals surface area (Å²) in [5.41, 5.74) is 2.11. The normalized spacial score (nSPS) is 28.8. The lowest BCUT2D eigenvalue weighted by molar-refractivity contribution is -0.00999. The maximum atomic E-state index is 12.9. The Morgan fingerprint density at radius 3 is 2.48 bits per heavy atom. The summed E-state index contributed by atoms with van der Waals surface area (Å²) >= 11 is 0. The van der Waals surface area contributed by atoms with Crippen LogP contribution in [0.15, 0.2) is 42.5 Å². The topological polar surface area (TPSA) is 96.9 Å². The molecule has 2 aromatic rings. The Morgan fingerprint density at radius 1 is 1.07 bits per heavy atom. The fourth-order valence-corrected chi connectivity index (χ4v) is 4.48. The summed E-state index contributed by atoms with van der Waals surface area (Å²) in [5.74, 6) is 0.0112. The van der Waals surface area contributed by atoms with Crippen molar-refractivity contribution in [3.05, 3.63) is 64.7 Å². The standard InChI is InChI=1S/C22H22N2O5/c1-23-21(26)14-8-12(20(25)24-18-15-9-28-10-16(15)18)7-13-17(22(27)29-19(13)14)11-5-3-2-4-6-11/h2-8,15-18,22,27H,9-10H2,1H3,(H,23,26)(H,24,25)/t15-,16+,17-,18?,22?/m1/s1. The number of carbonyl (C=O) groups is 2. The van der Waals surface area contributed by atoms with E-state index in [0.29, 0.717) is 41.9 Å². The van der Waals surface area contributed by atoms with E-state index in [1.54, 1.807) is 6.07 Å². The van der Waals surface area contributed by atoms with Crippen molar-refractivity contribution >= 4 is 11.8 Å². The molecule has 1 saturated heterocycles. The number of nitrogens with one attached hydrogen (secondary N) is 2. The number of aliphatic hydroxyl groups excluding tert-OH is 1. The van der Waals surface area contributed by atoms with Crippen LogP contribution in [0.3, 0.4) is 0 Å². The highest BCUT2D eigenvalue weighted by Gasteiger charge is 2.54. The van der Waals surface area contributed by atoms with Crippen LogP contribution in [-0.4, -0.2) is 49.5 Å². The lowest BCUT2D eigenvalue weighted by Crippen LogP contribution is -2.30. The molecule has 7 heteroatoms. The molecule has 2 amide bonds. The second-order valence-electron chi connectivity index (χ2n) is 7.78. The second kappa shape index (κ2) is 6.86. The van der Waals surface area contributed by atoms with Gasteiger partial charge in [-0.1, -0.05) is 30.3 Å². The van der Waals surface area contributed by atoms with Gasteiger partial charge in [0.25, 0.3) is 11.8 Å². The Balaban J connectivity index is 1.53. The number of ether oxygens (including phenoxy) is 2. The Morgan fingerprint density at radius 2 is 1.79 bits per heavy atom. The smallest absolute Gasteiger partial charge is 0.254 e. The molecule has 0 spiro atoms. The van der Waals surface area contributed by atoms with Crippen LogP contribution < -0.4 is 15.4 Å². The lowest BCUT2D eigenvalue weighted by Gasteiger charge is -2.14. The Bertz CT molecular complexity index is 967. The molecule has 1 saturated carbocycles. The average molecular weight is 394 g/mol. The molecule has 29 heavy (non-hydrogen) atoms. The molecule has 0 aromatic heterocycles. The van der Waals surface area contributed by atoms with Gasteiger partial charge in [0.15, 0.2) is 0 Å². The summed E-state index contributed by atoms with van der Waals surface area (Å²) in [7, 11) is 1.52. The number of carbonyl (C=O) groups excluding carboxylic acids is 2. The minimum atomic E-state index is -1.13. The predicted octanol–water partition coefficient (Wildman–Crippen LogP) is 1.26. The highest BCUT2D eigenvalue weighted by molar-refractivity contribution is 6.02. The van der Waals surface area contributed by atoms with Crippen molar-refractivity contribution in [3.63, 3.8) is 0 Å². The fraction of sp³-hybridized carbons (Fsp3) is 0.364. The van der Waals surface area contributed by atoms with E-state index in [0.717, 1.165) is 5.56 Å². The van der Waals surface area contributed by atoms with Crippen LogP contribution in [0.1, 0.15) is 37.8 Å². The van der Waals surface area contributed by atoms with Crippen LogP contribution in [0, 0.1) is 11.8 Å².